The van der Waals surface area contributed by atoms with Crippen LogP contribution >= 0.6 is 0 Å². The van der Waals surface area contributed by atoms with Gasteiger partial charge in [0.2, 0.25) is 5.89 Å². The second-order valence-corrected chi connectivity index (χ2v) is 6.29. The quantitative estimate of drug-likeness (QED) is 0.666. The fourth-order valence-electron chi connectivity index (χ4n) is 2.47. The maximum absolute atomic E-state index is 13.6. The van der Waals surface area contributed by atoms with Crippen LogP contribution in [0.25, 0.3) is 11.5 Å². The highest BCUT2D eigenvalue weighted by molar-refractivity contribution is 5.97. The van der Waals surface area contributed by atoms with Gasteiger partial charge in [-0.1, -0.05) is 24.3 Å². The lowest BCUT2D eigenvalue weighted by Gasteiger charge is -2.13. The van der Waals surface area contributed by atoms with Crippen molar-refractivity contribution in [1.82, 2.24) is 4.98 Å². The molecule has 0 fully saturated rings. The van der Waals surface area contributed by atoms with Gasteiger partial charge in [0.05, 0.1) is 0 Å². The van der Waals surface area contributed by atoms with Gasteiger partial charge < -0.3 is 14.5 Å². The molecule has 0 unspecified atom stereocenters. The molecule has 0 aliphatic heterocycles. The number of aromatic nitrogens is 1. The lowest BCUT2D eigenvalue weighted by Crippen LogP contribution is -2.30. The van der Waals surface area contributed by atoms with Crippen LogP contribution in [0, 0.1) is 19.7 Å². The fraction of sp³-hybridized carbons (Fsp3) is 0.190. The standard InChI is InChI=1S/C21H19FN2O4/c1-12-9-10-16(11-17(12)22)23-19(25)14(3)28-21(26)18-13(2)27-20(24-18)15-7-5-4-6-8-15/h4-11,14H,1-3H3,(H,23,25)/t14-/m0/s1. The van der Waals surface area contributed by atoms with Crippen molar-refractivity contribution in [2.75, 3.05) is 5.32 Å². The molecule has 3 aromatic rings. The Morgan fingerprint density at radius 3 is 2.54 bits per heavy atom. The van der Waals surface area contributed by atoms with Crippen molar-refractivity contribution in [2.24, 2.45) is 0 Å². The number of aryl methyl sites for hydroxylation is 2. The van der Waals surface area contributed by atoms with Gasteiger partial charge in [-0.05, 0) is 50.6 Å². The van der Waals surface area contributed by atoms with E-state index in [0.717, 1.165) is 5.56 Å². The lowest BCUT2D eigenvalue weighted by atomic mass is 10.2. The van der Waals surface area contributed by atoms with Gasteiger partial charge >= 0.3 is 5.97 Å². The van der Waals surface area contributed by atoms with E-state index in [9.17, 15) is 14.0 Å². The normalized spacial score (nSPS) is 11.7. The second-order valence-electron chi connectivity index (χ2n) is 6.29. The number of ether oxygens (including phenoxy) is 1. The van der Waals surface area contributed by atoms with Gasteiger partial charge in [-0.3, -0.25) is 4.79 Å². The molecule has 0 radical (unpaired) electrons. The fourth-order valence-corrected chi connectivity index (χ4v) is 2.47. The lowest BCUT2D eigenvalue weighted by molar-refractivity contribution is -0.123. The molecule has 28 heavy (non-hydrogen) atoms. The van der Waals surface area contributed by atoms with E-state index in [0.29, 0.717) is 5.56 Å². The monoisotopic (exact) mass is 382 g/mol. The number of nitrogens with one attached hydrogen (secondary N) is 1. The third-order valence-corrected chi connectivity index (χ3v) is 4.10. The highest BCUT2D eigenvalue weighted by Crippen LogP contribution is 2.22. The first kappa shape index (κ1) is 19.3. The summed E-state index contributed by atoms with van der Waals surface area (Å²) < 4.78 is 24.3. The molecular weight excluding hydrogens is 363 g/mol. The van der Waals surface area contributed by atoms with Gasteiger partial charge in [0.15, 0.2) is 11.8 Å². The van der Waals surface area contributed by atoms with Crippen LogP contribution in [0.3, 0.4) is 0 Å². The first-order valence-electron chi connectivity index (χ1n) is 8.66. The number of rotatable bonds is 5. The van der Waals surface area contributed by atoms with Crippen molar-refractivity contribution in [3.63, 3.8) is 0 Å². The number of carbonyl (C=O) groups excluding carboxylic acids is 2. The SMILES string of the molecule is Cc1ccc(NC(=O)[C@H](C)OC(=O)c2nc(-c3ccccc3)oc2C)cc1F. The van der Waals surface area contributed by atoms with Crippen LogP contribution < -0.4 is 5.32 Å². The number of hydrogen-bond donors (Lipinski definition) is 1. The van der Waals surface area contributed by atoms with Gasteiger partial charge in [0.25, 0.3) is 5.91 Å². The number of esters is 1. The zero-order chi connectivity index (χ0) is 20.3. The van der Waals surface area contributed by atoms with Crippen molar-refractivity contribution < 1.29 is 23.1 Å². The molecule has 0 bridgehead atoms. The third kappa shape index (κ3) is 4.25. The van der Waals surface area contributed by atoms with E-state index in [1.54, 1.807) is 38.1 Å². The molecule has 0 aliphatic rings. The average molecular weight is 382 g/mol. The first-order chi connectivity index (χ1) is 13.3. The predicted octanol–water partition coefficient (Wildman–Crippen LogP) is 4.28. The molecule has 0 saturated carbocycles. The summed E-state index contributed by atoms with van der Waals surface area (Å²) in [5.74, 6) is -1.22. The van der Waals surface area contributed by atoms with E-state index in [1.165, 1.54) is 13.0 Å². The zero-order valence-corrected chi connectivity index (χ0v) is 15.7. The number of anilines is 1. The second kappa shape index (κ2) is 8.04. The van der Waals surface area contributed by atoms with Crippen molar-refractivity contribution in [3.05, 3.63) is 71.4 Å². The van der Waals surface area contributed by atoms with E-state index in [-0.39, 0.29) is 23.0 Å². The van der Waals surface area contributed by atoms with Crippen molar-refractivity contribution >= 4 is 17.6 Å². The average Bonchev–Trinajstić information content (AvgIpc) is 3.07. The summed E-state index contributed by atoms with van der Waals surface area (Å²) in [7, 11) is 0. The molecule has 1 aromatic heterocycles. The first-order valence-corrected chi connectivity index (χ1v) is 8.66. The Labute approximate surface area is 161 Å². The molecule has 0 aliphatic carbocycles. The van der Waals surface area contributed by atoms with Gasteiger partial charge in [0, 0.05) is 11.3 Å². The number of nitrogens with zero attached hydrogens (tertiary/aromatic N) is 1. The van der Waals surface area contributed by atoms with Crippen LogP contribution in [0.2, 0.25) is 0 Å². The Hall–Kier alpha value is -3.48. The number of amides is 1. The van der Waals surface area contributed by atoms with Gasteiger partial charge in [0.1, 0.15) is 11.6 Å². The number of oxazole rings is 1. The summed E-state index contributed by atoms with van der Waals surface area (Å²) in [6.07, 6.45) is -1.10. The van der Waals surface area contributed by atoms with Crippen molar-refractivity contribution in [1.29, 1.82) is 0 Å². The van der Waals surface area contributed by atoms with Gasteiger partial charge in [-0.2, -0.15) is 0 Å². The molecule has 1 amide bonds. The summed E-state index contributed by atoms with van der Waals surface area (Å²) in [5, 5.41) is 2.51. The van der Waals surface area contributed by atoms with Crippen LogP contribution in [-0.4, -0.2) is 23.0 Å². The topological polar surface area (TPSA) is 81.4 Å². The van der Waals surface area contributed by atoms with Crippen LogP contribution in [0.15, 0.2) is 52.9 Å². The van der Waals surface area contributed by atoms with E-state index in [4.69, 9.17) is 9.15 Å². The van der Waals surface area contributed by atoms with Gasteiger partial charge in [-0.25, -0.2) is 14.2 Å². The molecule has 7 heteroatoms. The molecule has 1 atom stereocenters. The van der Waals surface area contributed by atoms with Crippen LogP contribution in [0.5, 0.6) is 0 Å². The number of halogens is 1. The highest BCUT2D eigenvalue weighted by Gasteiger charge is 2.24. The number of carbonyl (C=O) groups is 2. The summed E-state index contributed by atoms with van der Waals surface area (Å²) >= 11 is 0. The predicted molar refractivity (Wildman–Crippen MR) is 101 cm³/mol. The van der Waals surface area contributed by atoms with E-state index in [1.807, 2.05) is 18.2 Å². The van der Waals surface area contributed by atoms with Crippen LogP contribution in [0.1, 0.15) is 28.7 Å². The minimum atomic E-state index is -1.10. The molecule has 1 heterocycles. The van der Waals surface area contributed by atoms with Crippen LogP contribution in [-0.2, 0) is 9.53 Å². The maximum Gasteiger partial charge on any atom is 0.361 e. The van der Waals surface area contributed by atoms with Crippen molar-refractivity contribution in [2.45, 2.75) is 26.9 Å². The Morgan fingerprint density at radius 2 is 1.86 bits per heavy atom. The molecule has 3 rings (SSSR count). The minimum Gasteiger partial charge on any atom is -0.448 e. The number of hydrogen-bond acceptors (Lipinski definition) is 5. The Morgan fingerprint density at radius 1 is 1.14 bits per heavy atom. The molecular formula is C21H19FN2O4. The highest BCUT2D eigenvalue weighted by atomic mass is 19.1. The molecule has 2 aromatic carbocycles. The summed E-state index contributed by atoms with van der Waals surface area (Å²) in [4.78, 5) is 28.8. The van der Waals surface area contributed by atoms with Crippen molar-refractivity contribution in [3.8, 4) is 11.5 Å². The molecule has 0 saturated heterocycles. The Balaban J connectivity index is 1.67. The molecule has 144 valence electrons. The summed E-state index contributed by atoms with van der Waals surface area (Å²) in [6, 6.07) is 13.4. The molecule has 0 spiro atoms. The molecule has 6 nitrogen and oxygen atoms in total. The number of benzene rings is 2. The maximum atomic E-state index is 13.6. The zero-order valence-electron chi connectivity index (χ0n) is 15.7. The Kier molecular flexibility index (Phi) is 5.54. The smallest absolute Gasteiger partial charge is 0.361 e. The van der Waals surface area contributed by atoms with E-state index < -0.39 is 23.8 Å². The van der Waals surface area contributed by atoms with Gasteiger partial charge in [-0.15, -0.1) is 0 Å². The van der Waals surface area contributed by atoms with E-state index in [2.05, 4.69) is 10.3 Å². The van der Waals surface area contributed by atoms with E-state index >= 15 is 0 Å². The summed E-state index contributed by atoms with van der Waals surface area (Å²) in [5.41, 5.74) is 1.46. The van der Waals surface area contributed by atoms with Crippen LogP contribution in [0.4, 0.5) is 10.1 Å². The molecule has 1 N–H and O–H groups in total. The largest absolute Gasteiger partial charge is 0.448 e. The minimum absolute atomic E-state index is 0.000108. The third-order valence-electron chi connectivity index (χ3n) is 4.10. The Bertz CT molecular complexity index is 1010. The summed E-state index contributed by atoms with van der Waals surface area (Å²) in [6.45, 7) is 4.64.